The molecule has 25 heavy (non-hydrogen) atoms. The second kappa shape index (κ2) is 8.25. The van der Waals surface area contributed by atoms with Gasteiger partial charge in [-0.3, -0.25) is 4.79 Å². The predicted molar refractivity (Wildman–Crippen MR) is 105 cm³/mol. The van der Waals surface area contributed by atoms with Crippen molar-refractivity contribution < 1.29 is 9.53 Å². The zero-order valence-electron chi connectivity index (χ0n) is 15.1. The number of hydrogen-bond acceptors (Lipinski definition) is 2. The summed E-state index contributed by atoms with van der Waals surface area (Å²) in [5.74, 6) is 0.972. The van der Waals surface area contributed by atoms with Crippen LogP contribution in [0.25, 0.3) is 0 Å². The maximum Gasteiger partial charge on any atom is 0.138 e. The van der Waals surface area contributed by atoms with E-state index in [1.807, 2.05) is 63.2 Å². The highest BCUT2D eigenvalue weighted by atomic mass is 35.5. The molecule has 0 aliphatic heterocycles. The minimum Gasteiger partial charge on any atom is -0.495 e. The standard InChI is InChI=1S/C21H24Cl2O2/c1-21(2,3)20(24)13-16(15-6-8-17(22)9-7-15)11-14-5-10-19(25-4)18(23)12-14/h5-10,12,16H,11,13H2,1-4H3. The summed E-state index contributed by atoms with van der Waals surface area (Å²) in [6.45, 7) is 5.87. The van der Waals surface area contributed by atoms with Gasteiger partial charge in [0, 0.05) is 16.9 Å². The van der Waals surface area contributed by atoms with Crippen molar-refractivity contribution in [1.82, 2.24) is 0 Å². The minimum atomic E-state index is -0.359. The second-order valence-electron chi connectivity index (χ2n) is 7.30. The average Bonchev–Trinajstić information content (AvgIpc) is 2.54. The number of ketones is 1. The van der Waals surface area contributed by atoms with Crippen LogP contribution in [-0.4, -0.2) is 12.9 Å². The summed E-state index contributed by atoms with van der Waals surface area (Å²) >= 11 is 12.3. The summed E-state index contributed by atoms with van der Waals surface area (Å²) in [5.41, 5.74) is 1.82. The summed E-state index contributed by atoms with van der Waals surface area (Å²) in [6.07, 6.45) is 1.21. The third-order valence-corrected chi connectivity index (χ3v) is 4.86. The normalized spacial score (nSPS) is 12.7. The van der Waals surface area contributed by atoms with E-state index in [0.717, 1.165) is 17.5 Å². The zero-order valence-corrected chi connectivity index (χ0v) is 16.6. The van der Waals surface area contributed by atoms with Crippen LogP contribution in [0.15, 0.2) is 42.5 Å². The van der Waals surface area contributed by atoms with Crippen LogP contribution >= 0.6 is 23.2 Å². The lowest BCUT2D eigenvalue weighted by atomic mass is 9.80. The third-order valence-electron chi connectivity index (χ3n) is 4.31. The molecular formula is C21H24Cl2O2. The van der Waals surface area contributed by atoms with Crippen molar-refractivity contribution in [3.8, 4) is 5.75 Å². The molecule has 0 saturated carbocycles. The van der Waals surface area contributed by atoms with Gasteiger partial charge < -0.3 is 4.74 Å². The van der Waals surface area contributed by atoms with Crippen molar-refractivity contribution in [3.63, 3.8) is 0 Å². The molecule has 134 valence electrons. The summed E-state index contributed by atoms with van der Waals surface area (Å²) in [5, 5.41) is 1.27. The fraction of sp³-hybridized carbons (Fsp3) is 0.381. The molecule has 2 nitrogen and oxygen atoms in total. The molecule has 0 N–H and O–H groups in total. The number of Topliss-reactive ketones (excluding diaryl/α,β-unsaturated/α-hetero) is 1. The summed E-state index contributed by atoms with van der Waals surface area (Å²) in [4.78, 5) is 12.6. The summed E-state index contributed by atoms with van der Waals surface area (Å²) in [7, 11) is 1.60. The Labute approximate surface area is 160 Å². The minimum absolute atomic E-state index is 0.0773. The first-order valence-electron chi connectivity index (χ1n) is 8.32. The van der Waals surface area contributed by atoms with Crippen molar-refractivity contribution in [1.29, 1.82) is 0 Å². The smallest absolute Gasteiger partial charge is 0.138 e. The van der Waals surface area contributed by atoms with E-state index in [0.29, 0.717) is 22.2 Å². The van der Waals surface area contributed by atoms with Gasteiger partial charge in [-0.05, 0) is 47.7 Å². The van der Waals surface area contributed by atoms with E-state index in [1.54, 1.807) is 7.11 Å². The lowest BCUT2D eigenvalue weighted by Crippen LogP contribution is -2.23. The molecule has 0 bridgehead atoms. The fourth-order valence-corrected chi connectivity index (χ4v) is 3.10. The quantitative estimate of drug-likeness (QED) is 0.586. The Kier molecular flexibility index (Phi) is 6.53. The molecule has 4 heteroatoms. The Morgan fingerprint density at radius 3 is 2.24 bits per heavy atom. The van der Waals surface area contributed by atoms with Crippen LogP contribution in [0.1, 0.15) is 44.2 Å². The van der Waals surface area contributed by atoms with Crippen molar-refractivity contribution in [3.05, 3.63) is 63.6 Å². The Morgan fingerprint density at radius 1 is 1.08 bits per heavy atom. The Hall–Kier alpha value is -1.51. The van der Waals surface area contributed by atoms with Gasteiger partial charge in [0.2, 0.25) is 0 Å². The molecule has 2 aromatic carbocycles. The van der Waals surface area contributed by atoms with Gasteiger partial charge in [-0.1, -0.05) is 62.2 Å². The van der Waals surface area contributed by atoms with Gasteiger partial charge in [0.1, 0.15) is 11.5 Å². The molecule has 0 heterocycles. The second-order valence-corrected chi connectivity index (χ2v) is 8.14. The molecule has 0 fully saturated rings. The third kappa shape index (κ3) is 5.49. The predicted octanol–water partition coefficient (Wildman–Crippen LogP) is 6.33. The first-order chi connectivity index (χ1) is 11.7. The largest absolute Gasteiger partial charge is 0.495 e. The molecule has 0 spiro atoms. The monoisotopic (exact) mass is 378 g/mol. The number of hydrogen-bond donors (Lipinski definition) is 0. The van der Waals surface area contributed by atoms with E-state index >= 15 is 0 Å². The Bertz CT molecular complexity index is 731. The van der Waals surface area contributed by atoms with Gasteiger partial charge in [0.15, 0.2) is 0 Å². The first kappa shape index (κ1) is 19.8. The van der Waals surface area contributed by atoms with E-state index in [2.05, 4.69) is 0 Å². The molecule has 0 amide bonds. The Balaban J connectivity index is 2.29. The van der Waals surface area contributed by atoms with Gasteiger partial charge in [-0.2, -0.15) is 0 Å². The van der Waals surface area contributed by atoms with Gasteiger partial charge in [-0.25, -0.2) is 0 Å². The first-order valence-corrected chi connectivity index (χ1v) is 9.07. The summed E-state index contributed by atoms with van der Waals surface area (Å²) in [6, 6.07) is 13.5. The van der Waals surface area contributed by atoms with Gasteiger partial charge in [0.25, 0.3) is 0 Å². The van der Waals surface area contributed by atoms with Crippen LogP contribution in [0.5, 0.6) is 5.75 Å². The molecule has 0 aliphatic rings. The average molecular weight is 379 g/mol. The number of benzene rings is 2. The molecule has 1 atom stereocenters. The highest BCUT2D eigenvalue weighted by molar-refractivity contribution is 6.32. The van der Waals surface area contributed by atoms with Crippen LogP contribution in [-0.2, 0) is 11.2 Å². The number of rotatable bonds is 6. The number of halogens is 2. The molecule has 0 saturated heterocycles. The topological polar surface area (TPSA) is 26.3 Å². The fourth-order valence-electron chi connectivity index (χ4n) is 2.69. The number of carbonyl (C=O) groups excluding carboxylic acids is 1. The number of ether oxygens (including phenoxy) is 1. The molecule has 0 aromatic heterocycles. The highest BCUT2D eigenvalue weighted by Crippen LogP contribution is 2.32. The van der Waals surface area contributed by atoms with Gasteiger partial charge >= 0.3 is 0 Å². The molecule has 2 rings (SSSR count). The van der Waals surface area contributed by atoms with Crippen molar-refractivity contribution in [2.45, 2.75) is 39.5 Å². The van der Waals surface area contributed by atoms with Crippen LogP contribution in [0.4, 0.5) is 0 Å². The van der Waals surface area contributed by atoms with E-state index in [4.69, 9.17) is 27.9 Å². The molecule has 0 aliphatic carbocycles. The van der Waals surface area contributed by atoms with E-state index in [-0.39, 0.29) is 17.1 Å². The lowest BCUT2D eigenvalue weighted by Gasteiger charge is -2.23. The molecular weight excluding hydrogens is 355 g/mol. The van der Waals surface area contributed by atoms with Gasteiger partial charge in [-0.15, -0.1) is 0 Å². The highest BCUT2D eigenvalue weighted by Gasteiger charge is 2.26. The number of carbonyl (C=O) groups is 1. The van der Waals surface area contributed by atoms with Crippen LogP contribution in [0, 0.1) is 5.41 Å². The van der Waals surface area contributed by atoms with E-state index in [1.165, 1.54) is 0 Å². The van der Waals surface area contributed by atoms with E-state index in [9.17, 15) is 4.79 Å². The van der Waals surface area contributed by atoms with Crippen molar-refractivity contribution >= 4 is 29.0 Å². The molecule has 0 radical (unpaired) electrons. The summed E-state index contributed by atoms with van der Waals surface area (Å²) < 4.78 is 5.21. The Morgan fingerprint density at radius 2 is 1.72 bits per heavy atom. The van der Waals surface area contributed by atoms with E-state index < -0.39 is 0 Å². The number of methoxy groups -OCH3 is 1. The van der Waals surface area contributed by atoms with Crippen molar-refractivity contribution in [2.24, 2.45) is 5.41 Å². The maximum absolute atomic E-state index is 12.6. The molecule has 1 unspecified atom stereocenters. The lowest BCUT2D eigenvalue weighted by molar-refractivity contribution is -0.126. The maximum atomic E-state index is 12.6. The van der Waals surface area contributed by atoms with Crippen LogP contribution in [0.2, 0.25) is 10.0 Å². The van der Waals surface area contributed by atoms with Crippen molar-refractivity contribution in [2.75, 3.05) is 7.11 Å². The van der Waals surface area contributed by atoms with Gasteiger partial charge in [0.05, 0.1) is 12.1 Å². The van der Waals surface area contributed by atoms with Crippen LogP contribution in [0.3, 0.4) is 0 Å². The SMILES string of the molecule is COc1ccc(CC(CC(=O)C(C)(C)C)c2ccc(Cl)cc2)cc1Cl. The zero-order chi connectivity index (χ0) is 18.6. The molecule has 2 aromatic rings. The van der Waals surface area contributed by atoms with Crippen LogP contribution < -0.4 is 4.74 Å².